The van der Waals surface area contributed by atoms with Crippen LogP contribution in [0.15, 0.2) is 91.0 Å². The van der Waals surface area contributed by atoms with Gasteiger partial charge in [-0.15, -0.1) is 0 Å². The zero-order chi connectivity index (χ0) is 24.8. The standard InChI is InChI=1S/C27H25NO6S/c29-17-25(14-19-6-2-1-3-7-19)28-27(30)26-13-12-23(16-24(26)18-34-35(31,32)33)22-11-10-20-8-4-5-9-21(20)15-22/h1-13,15-16,25,29H,14,17-18H2,(H,28,30)(H,31,32,33)/t25-/m0/s1. The Hall–Kier alpha value is -3.56. The maximum Gasteiger partial charge on any atom is 0.397 e. The van der Waals surface area contributed by atoms with Crippen LogP contribution >= 0.6 is 0 Å². The van der Waals surface area contributed by atoms with E-state index in [1.54, 1.807) is 18.2 Å². The number of rotatable bonds is 9. The number of hydrogen-bond acceptors (Lipinski definition) is 5. The Labute approximate surface area is 204 Å². The fourth-order valence-corrected chi connectivity index (χ4v) is 4.22. The van der Waals surface area contributed by atoms with Crippen LogP contribution in [0.25, 0.3) is 21.9 Å². The molecular formula is C27H25NO6S. The second kappa shape index (κ2) is 10.8. The summed E-state index contributed by atoms with van der Waals surface area (Å²) in [6.45, 7) is -0.794. The van der Waals surface area contributed by atoms with E-state index in [2.05, 4.69) is 9.50 Å². The van der Waals surface area contributed by atoms with Gasteiger partial charge in [0, 0.05) is 5.56 Å². The summed E-state index contributed by atoms with van der Waals surface area (Å²) in [5.74, 6) is -0.487. The van der Waals surface area contributed by atoms with Gasteiger partial charge in [0.25, 0.3) is 5.91 Å². The van der Waals surface area contributed by atoms with E-state index >= 15 is 0 Å². The molecule has 0 radical (unpaired) electrons. The molecular weight excluding hydrogens is 466 g/mol. The first-order valence-electron chi connectivity index (χ1n) is 11.0. The average Bonchev–Trinajstić information content (AvgIpc) is 2.86. The Morgan fingerprint density at radius 3 is 2.23 bits per heavy atom. The van der Waals surface area contributed by atoms with Crippen molar-refractivity contribution in [1.82, 2.24) is 5.32 Å². The van der Waals surface area contributed by atoms with Crippen molar-refractivity contribution in [1.29, 1.82) is 0 Å². The lowest BCUT2D eigenvalue weighted by Crippen LogP contribution is -2.39. The molecule has 3 N–H and O–H groups in total. The van der Waals surface area contributed by atoms with Gasteiger partial charge in [0.15, 0.2) is 0 Å². The van der Waals surface area contributed by atoms with Crippen LogP contribution in [-0.4, -0.2) is 36.6 Å². The number of nitrogens with one attached hydrogen (secondary N) is 1. The molecule has 1 amide bonds. The quantitative estimate of drug-likeness (QED) is 0.303. The summed E-state index contributed by atoms with van der Waals surface area (Å²) >= 11 is 0. The summed E-state index contributed by atoms with van der Waals surface area (Å²) in [4.78, 5) is 13.1. The largest absolute Gasteiger partial charge is 0.397 e. The zero-order valence-electron chi connectivity index (χ0n) is 18.8. The summed E-state index contributed by atoms with van der Waals surface area (Å²) in [5.41, 5.74) is 3.05. The number of aliphatic hydroxyl groups excluding tert-OH is 1. The van der Waals surface area contributed by atoms with Crippen LogP contribution in [0.1, 0.15) is 21.5 Å². The molecule has 7 nitrogen and oxygen atoms in total. The van der Waals surface area contributed by atoms with Gasteiger partial charge in [0.05, 0.1) is 19.3 Å². The van der Waals surface area contributed by atoms with E-state index in [1.807, 2.05) is 72.8 Å². The van der Waals surface area contributed by atoms with Crippen LogP contribution < -0.4 is 5.32 Å². The Morgan fingerprint density at radius 1 is 0.857 bits per heavy atom. The SMILES string of the molecule is O=C(N[C@H](CO)Cc1ccccc1)c1ccc(-c2ccc3ccccc3c2)cc1COS(=O)(=O)O. The minimum absolute atomic E-state index is 0.185. The Balaban J connectivity index is 1.63. The third-order valence-electron chi connectivity index (χ3n) is 5.68. The number of fused-ring (bicyclic) bond motifs is 1. The molecule has 0 saturated heterocycles. The number of hydrogen-bond donors (Lipinski definition) is 3. The van der Waals surface area contributed by atoms with Gasteiger partial charge in [0.2, 0.25) is 0 Å². The van der Waals surface area contributed by atoms with E-state index in [0.717, 1.165) is 27.5 Å². The molecule has 4 aromatic carbocycles. The molecule has 0 spiro atoms. The molecule has 0 bridgehead atoms. The van der Waals surface area contributed by atoms with Crippen LogP contribution in [0.3, 0.4) is 0 Å². The molecule has 0 aliphatic rings. The van der Waals surface area contributed by atoms with E-state index in [4.69, 9.17) is 4.55 Å². The predicted octanol–water partition coefficient (Wildman–Crippen LogP) is 4.16. The lowest BCUT2D eigenvalue weighted by Gasteiger charge is -2.18. The number of carbonyl (C=O) groups excluding carboxylic acids is 1. The van der Waals surface area contributed by atoms with E-state index in [1.165, 1.54) is 0 Å². The van der Waals surface area contributed by atoms with Crippen molar-refractivity contribution < 1.29 is 27.1 Å². The second-order valence-electron chi connectivity index (χ2n) is 8.17. The summed E-state index contributed by atoms with van der Waals surface area (Å²) < 4.78 is 36.1. The van der Waals surface area contributed by atoms with Crippen molar-refractivity contribution in [2.75, 3.05) is 6.61 Å². The minimum Gasteiger partial charge on any atom is -0.394 e. The average molecular weight is 492 g/mol. The zero-order valence-corrected chi connectivity index (χ0v) is 19.6. The number of amides is 1. The van der Waals surface area contributed by atoms with Crippen LogP contribution in [0, 0.1) is 0 Å². The van der Waals surface area contributed by atoms with E-state index in [-0.39, 0.29) is 17.7 Å². The highest BCUT2D eigenvalue weighted by molar-refractivity contribution is 7.80. The highest BCUT2D eigenvalue weighted by atomic mass is 32.3. The molecule has 0 aliphatic heterocycles. The molecule has 0 aliphatic carbocycles. The van der Waals surface area contributed by atoms with Crippen molar-refractivity contribution in [3.8, 4) is 11.1 Å². The van der Waals surface area contributed by atoms with Crippen molar-refractivity contribution in [2.24, 2.45) is 0 Å². The summed E-state index contributed by atoms with van der Waals surface area (Å²) in [7, 11) is -4.71. The normalized spacial score (nSPS) is 12.4. The van der Waals surface area contributed by atoms with Crippen LogP contribution in [0.4, 0.5) is 0 Å². The Bertz CT molecular complexity index is 1440. The molecule has 0 heterocycles. The lowest BCUT2D eigenvalue weighted by atomic mass is 9.96. The Kier molecular flexibility index (Phi) is 7.57. The molecule has 1 atom stereocenters. The molecule has 180 valence electrons. The highest BCUT2D eigenvalue weighted by Crippen LogP contribution is 2.27. The predicted molar refractivity (Wildman–Crippen MR) is 134 cm³/mol. The Morgan fingerprint density at radius 2 is 1.51 bits per heavy atom. The van der Waals surface area contributed by atoms with Gasteiger partial charge >= 0.3 is 10.4 Å². The van der Waals surface area contributed by atoms with E-state index in [9.17, 15) is 18.3 Å². The molecule has 0 aromatic heterocycles. The van der Waals surface area contributed by atoms with Crippen molar-refractivity contribution in [3.63, 3.8) is 0 Å². The molecule has 0 fully saturated rings. The first-order valence-corrected chi connectivity index (χ1v) is 12.4. The third-order valence-corrected chi connectivity index (χ3v) is 6.09. The third kappa shape index (κ3) is 6.52. The van der Waals surface area contributed by atoms with Crippen LogP contribution in [0.2, 0.25) is 0 Å². The first kappa shape index (κ1) is 24.6. The molecule has 4 aromatic rings. The van der Waals surface area contributed by atoms with Gasteiger partial charge in [-0.05, 0) is 57.6 Å². The molecule has 35 heavy (non-hydrogen) atoms. The van der Waals surface area contributed by atoms with Gasteiger partial charge in [-0.2, -0.15) is 8.42 Å². The summed E-state index contributed by atoms with van der Waals surface area (Å²) in [6.07, 6.45) is 0.426. The molecule has 8 heteroatoms. The monoisotopic (exact) mass is 491 g/mol. The second-order valence-corrected chi connectivity index (χ2v) is 9.26. The van der Waals surface area contributed by atoms with Crippen molar-refractivity contribution in [2.45, 2.75) is 19.1 Å². The summed E-state index contributed by atoms with van der Waals surface area (Å²) in [6, 6.07) is 27.7. The van der Waals surface area contributed by atoms with Crippen molar-refractivity contribution in [3.05, 3.63) is 108 Å². The van der Waals surface area contributed by atoms with Crippen LogP contribution in [0.5, 0.6) is 0 Å². The van der Waals surface area contributed by atoms with Gasteiger partial charge in [-0.25, -0.2) is 4.18 Å². The number of carbonyl (C=O) groups is 1. The number of aliphatic hydroxyl groups is 1. The maximum absolute atomic E-state index is 13.1. The fraction of sp³-hybridized carbons (Fsp3) is 0.148. The first-order chi connectivity index (χ1) is 16.8. The smallest absolute Gasteiger partial charge is 0.394 e. The number of benzene rings is 4. The molecule has 0 unspecified atom stereocenters. The molecule has 4 rings (SSSR count). The summed E-state index contributed by atoms with van der Waals surface area (Å²) in [5, 5.41) is 14.7. The fourth-order valence-electron chi connectivity index (χ4n) is 3.94. The van der Waals surface area contributed by atoms with Gasteiger partial charge < -0.3 is 10.4 Å². The van der Waals surface area contributed by atoms with E-state index < -0.39 is 29.0 Å². The van der Waals surface area contributed by atoms with Gasteiger partial charge in [-0.3, -0.25) is 9.35 Å². The van der Waals surface area contributed by atoms with Gasteiger partial charge in [0.1, 0.15) is 0 Å². The van der Waals surface area contributed by atoms with Crippen molar-refractivity contribution >= 4 is 27.1 Å². The van der Waals surface area contributed by atoms with E-state index in [0.29, 0.717) is 6.42 Å². The van der Waals surface area contributed by atoms with Crippen LogP contribution in [-0.2, 0) is 27.6 Å². The maximum atomic E-state index is 13.1. The van der Waals surface area contributed by atoms with Gasteiger partial charge in [-0.1, -0.05) is 72.8 Å². The molecule has 0 saturated carbocycles. The lowest BCUT2D eigenvalue weighted by molar-refractivity contribution is 0.0913. The topological polar surface area (TPSA) is 113 Å². The highest BCUT2D eigenvalue weighted by Gasteiger charge is 2.19. The minimum atomic E-state index is -4.71.